The fraction of sp³-hybridized carbons (Fsp3) is 0.444. The predicted octanol–water partition coefficient (Wildman–Crippen LogP) is 2.68. The molecule has 1 heterocycles. The fourth-order valence-corrected chi connectivity index (χ4v) is 1.31. The number of aromatic carboxylic acids is 1. The van der Waals surface area contributed by atoms with Gasteiger partial charge in [-0.3, -0.25) is 0 Å². The van der Waals surface area contributed by atoms with E-state index in [0.717, 1.165) is 6.07 Å². The molecule has 84 valence electrons. The van der Waals surface area contributed by atoms with Crippen molar-refractivity contribution in [1.29, 1.82) is 0 Å². The number of alkyl halides is 3. The molecule has 6 heteroatoms. The zero-order valence-corrected chi connectivity index (χ0v) is 7.98. The zero-order valence-electron chi connectivity index (χ0n) is 7.98. The predicted molar refractivity (Wildman–Crippen MR) is 46.7 cm³/mol. The van der Waals surface area contributed by atoms with E-state index >= 15 is 0 Å². The van der Waals surface area contributed by atoms with Crippen LogP contribution in [0.4, 0.5) is 13.2 Å². The van der Waals surface area contributed by atoms with Crippen molar-refractivity contribution in [2.24, 2.45) is 0 Å². The zero-order chi connectivity index (χ0) is 11.6. The molecule has 0 saturated carbocycles. The first-order valence-corrected chi connectivity index (χ1v) is 4.38. The van der Waals surface area contributed by atoms with Crippen LogP contribution in [0.25, 0.3) is 0 Å². The quantitative estimate of drug-likeness (QED) is 0.824. The molecule has 1 rings (SSSR count). The third-order valence-corrected chi connectivity index (χ3v) is 1.91. The standard InChI is InChI=1S/C9H10F3NO2/c1-2-3-5-4-6(8(14)15)7(13-5)9(10,11)12/h4,13H,2-3H2,1H3,(H,14,15). The first kappa shape index (κ1) is 11.6. The Labute approximate surface area is 83.9 Å². The lowest BCUT2D eigenvalue weighted by atomic mass is 10.2. The highest BCUT2D eigenvalue weighted by molar-refractivity contribution is 5.89. The van der Waals surface area contributed by atoms with Crippen LogP contribution in [0.2, 0.25) is 0 Å². The number of aromatic nitrogens is 1. The Hall–Kier alpha value is -1.46. The van der Waals surface area contributed by atoms with Gasteiger partial charge >= 0.3 is 12.1 Å². The number of aryl methyl sites for hydroxylation is 1. The number of hydrogen-bond acceptors (Lipinski definition) is 1. The Bertz CT molecular complexity index is 368. The van der Waals surface area contributed by atoms with Gasteiger partial charge in [0.05, 0.1) is 5.56 Å². The monoisotopic (exact) mass is 221 g/mol. The van der Waals surface area contributed by atoms with Crippen molar-refractivity contribution in [3.63, 3.8) is 0 Å². The molecule has 0 spiro atoms. The summed E-state index contributed by atoms with van der Waals surface area (Å²) in [5, 5.41) is 8.59. The van der Waals surface area contributed by atoms with Crippen LogP contribution < -0.4 is 0 Å². The van der Waals surface area contributed by atoms with Gasteiger partial charge in [-0.15, -0.1) is 0 Å². The lowest BCUT2D eigenvalue weighted by molar-refractivity contribution is -0.141. The van der Waals surface area contributed by atoms with Crippen LogP contribution in [-0.4, -0.2) is 16.1 Å². The smallest absolute Gasteiger partial charge is 0.432 e. The van der Waals surface area contributed by atoms with Crippen molar-refractivity contribution in [3.05, 3.63) is 23.0 Å². The van der Waals surface area contributed by atoms with Crippen LogP contribution in [-0.2, 0) is 12.6 Å². The van der Waals surface area contributed by atoms with Crippen molar-refractivity contribution in [2.75, 3.05) is 0 Å². The maximum absolute atomic E-state index is 12.4. The number of nitrogens with one attached hydrogen (secondary N) is 1. The average molecular weight is 221 g/mol. The molecule has 0 amide bonds. The van der Waals surface area contributed by atoms with E-state index in [4.69, 9.17) is 5.11 Å². The summed E-state index contributed by atoms with van der Waals surface area (Å²) in [6.45, 7) is 1.80. The minimum atomic E-state index is -4.65. The highest BCUT2D eigenvalue weighted by Gasteiger charge is 2.37. The van der Waals surface area contributed by atoms with Gasteiger partial charge in [-0.05, 0) is 12.5 Å². The number of H-pyrrole nitrogens is 1. The average Bonchev–Trinajstić information content (AvgIpc) is 2.48. The Balaban J connectivity index is 3.18. The van der Waals surface area contributed by atoms with Gasteiger partial charge in [-0.1, -0.05) is 13.3 Å². The molecule has 3 nitrogen and oxygen atoms in total. The van der Waals surface area contributed by atoms with E-state index in [9.17, 15) is 18.0 Å². The molecule has 0 atom stereocenters. The number of halogens is 3. The Morgan fingerprint density at radius 2 is 2.13 bits per heavy atom. The minimum Gasteiger partial charge on any atom is -0.478 e. The lowest BCUT2D eigenvalue weighted by Crippen LogP contribution is -2.11. The molecule has 0 aromatic carbocycles. The van der Waals surface area contributed by atoms with E-state index in [1.165, 1.54) is 0 Å². The first-order valence-electron chi connectivity index (χ1n) is 4.38. The van der Waals surface area contributed by atoms with Gasteiger partial charge in [0.1, 0.15) is 5.69 Å². The highest BCUT2D eigenvalue weighted by Crippen LogP contribution is 2.31. The lowest BCUT2D eigenvalue weighted by Gasteiger charge is -2.04. The molecular weight excluding hydrogens is 211 g/mol. The summed E-state index contributed by atoms with van der Waals surface area (Å²) < 4.78 is 37.1. The summed E-state index contributed by atoms with van der Waals surface area (Å²) in [5.41, 5.74) is -1.60. The highest BCUT2D eigenvalue weighted by atomic mass is 19.4. The number of carbonyl (C=O) groups is 1. The minimum absolute atomic E-state index is 0.294. The van der Waals surface area contributed by atoms with E-state index in [-0.39, 0.29) is 0 Å². The summed E-state index contributed by atoms with van der Waals surface area (Å²) in [7, 11) is 0. The second-order valence-electron chi connectivity index (χ2n) is 3.14. The van der Waals surface area contributed by atoms with Crippen LogP contribution in [0, 0.1) is 0 Å². The molecule has 0 saturated heterocycles. The Morgan fingerprint density at radius 1 is 1.53 bits per heavy atom. The van der Waals surface area contributed by atoms with Gasteiger partial charge in [-0.2, -0.15) is 13.2 Å². The first-order chi connectivity index (χ1) is 6.86. The Kier molecular flexibility index (Phi) is 3.06. The topological polar surface area (TPSA) is 53.1 Å². The van der Waals surface area contributed by atoms with Gasteiger partial charge in [0.25, 0.3) is 0 Å². The van der Waals surface area contributed by atoms with E-state index in [0.29, 0.717) is 18.5 Å². The number of aromatic amines is 1. The number of carboxylic acid groups (broad SMARTS) is 1. The number of hydrogen-bond donors (Lipinski definition) is 2. The molecule has 1 aromatic rings. The fourth-order valence-electron chi connectivity index (χ4n) is 1.31. The normalized spacial score (nSPS) is 11.7. The van der Waals surface area contributed by atoms with Crippen LogP contribution >= 0.6 is 0 Å². The summed E-state index contributed by atoms with van der Waals surface area (Å²) in [6.07, 6.45) is -3.60. The molecule has 0 bridgehead atoms. The molecule has 1 aromatic heterocycles. The van der Waals surface area contributed by atoms with Gasteiger partial charge in [-0.25, -0.2) is 4.79 Å². The molecule has 15 heavy (non-hydrogen) atoms. The summed E-state index contributed by atoms with van der Waals surface area (Å²) >= 11 is 0. The molecule has 0 aliphatic rings. The van der Waals surface area contributed by atoms with Crippen molar-refractivity contribution in [2.45, 2.75) is 25.9 Å². The van der Waals surface area contributed by atoms with Crippen molar-refractivity contribution in [3.8, 4) is 0 Å². The van der Waals surface area contributed by atoms with Crippen LogP contribution in [0.1, 0.15) is 35.1 Å². The molecule has 2 N–H and O–H groups in total. The molecule has 0 radical (unpaired) electrons. The summed E-state index contributed by atoms with van der Waals surface area (Å²) in [4.78, 5) is 12.7. The molecule has 0 unspecified atom stereocenters. The molecular formula is C9H10F3NO2. The van der Waals surface area contributed by atoms with Crippen LogP contribution in [0.3, 0.4) is 0 Å². The van der Waals surface area contributed by atoms with Crippen LogP contribution in [0.15, 0.2) is 6.07 Å². The van der Waals surface area contributed by atoms with E-state index in [1.807, 2.05) is 0 Å². The second-order valence-corrected chi connectivity index (χ2v) is 3.14. The summed E-state index contributed by atoms with van der Waals surface area (Å²) in [6, 6.07) is 1.04. The SMILES string of the molecule is CCCc1cc(C(=O)O)c(C(F)(F)F)[nH]1. The summed E-state index contributed by atoms with van der Waals surface area (Å²) in [5.74, 6) is -1.57. The molecule has 0 aliphatic carbocycles. The van der Waals surface area contributed by atoms with Gasteiger partial charge in [0.2, 0.25) is 0 Å². The maximum Gasteiger partial charge on any atom is 0.432 e. The Morgan fingerprint density at radius 3 is 2.47 bits per heavy atom. The van der Waals surface area contributed by atoms with Crippen molar-refractivity contribution >= 4 is 5.97 Å². The van der Waals surface area contributed by atoms with Gasteiger partial charge in [0.15, 0.2) is 0 Å². The maximum atomic E-state index is 12.4. The van der Waals surface area contributed by atoms with E-state index in [2.05, 4.69) is 4.98 Å². The third-order valence-electron chi connectivity index (χ3n) is 1.91. The number of rotatable bonds is 3. The van der Waals surface area contributed by atoms with Crippen molar-refractivity contribution in [1.82, 2.24) is 4.98 Å². The third kappa shape index (κ3) is 2.51. The van der Waals surface area contributed by atoms with Crippen molar-refractivity contribution < 1.29 is 23.1 Å². The molecule has 0 aliphatic heterocycles. The largest absolute Gasteiger partial charge is 0.478 e. The van der Waals surface area contributed by atoms with Gasteiger partial charge < -0.3 is 10.1 Å². The van der Waals surface area contributed by atoms with Crippen LogP contribution in [0.5, 0.6) is 0 Å². The number of carboxylic acids is 1. The van der Waals surface area contributed by atoms with Gasteiger partial charge in [0, 0.05) is 5.69 Å². The van der Waals surface area contributed by atoms with E-state index in [1.54, 1.807) is 6.92 Å². The molecule has 0 fully saturated rings. The van der Waals surface area contributed by atoms with E-state index < -0.39 is 23.4 Å². The second kappa shape index (κ2) is 3.96.